The van der Waals surface area contributed by atoms with Gasteiger partial charge in [-0.25, -0.2) is 0 Å². The van der Waals surface area contributed by atoms with E-state index in [1.807, 2.05) is 0 Å². The van der Waals surface area contributed by atoms with Gasteiger partial charge in [0.1, 0.15) is 0 Å². The lowest BCUT2D eigenvalue weighted by Gasteiger charge is -2.25. The first-order chi connectivity index (χ1) is 6.24. The molecule has 0 atom stereocenters. The molecule has 13 heavy (non-hydrogen) atoms. The summed E-state index contributed by atoms with van der Waals surface area (Å²) >= 11 is 0. The van der Waals surface area contributed by atoms with E-state index < -0.39 is 0 Å². The van der Waals surface area contributed by atoms with E-state index in [4.69, 9.17) is 5.73 Å². The molecule has 0 aliphatic heterocycles. The van der Waals surface area contributed by atoms with Gasteiger partial charge in [0.25, 0.3) is 0 Å². The van der Waals surface area contributed by atoms with Gasteiger partial charge in [0.2, 0.25) is 5.91 Å². The van der Waals surface area contributed by atoms with Gasteiger partial charge in [0.05, 0.1) is 0 Å². The minimum Gasteiger partial charge on any atom is -0.356 e. The summed E-state index contributed by atoms with van der Waals surface area (Å²) in [6.45, 7) is 2.87. The zero-order chi connectivity index (χ0) is 9.68. The molecule has 1 aliphatic carbocycles. The molecule has 3 heteroatoms. The van der Waals surface area contributed by atoms with E-state index >= 15 is 0 Å². The van der Waals surface area contributed by atoms with Gasteiger partial charge in [-0.3, -0.25) is 4.79 Å². The van der Waals surface area contributed by atoms with Gasteiger partial charge in [-0.15, -0.1) is 0 Å². The highest BCUT2D eigenvalue weighted by Gasteiger charge is 2.23. The summed E-state index contributed by atoms with van der Waals surface area (Å²) in [5.41, 5.74) is 5.77. The topological polar surface area (TPSA) is 55.1 Å². The Kier molecular flexibility index (Phi) is 4.22. The van der Waals surface area contributed by atoms with Crippen LogP contribution in [0.2, 0.25) is 0 Å². The summed E-state index contributed by atoms with van der Waals surface area (Å²) in [6.07, 6.45) is 4.96. The SMILES string of the molecule is CCCNC(=O)C1CCC(N)CC1. The summed E-state index contributed by atoms with van der Waals surface area (Å²) in [6, 6.07) is 0.329. The Hall–Kier alpha value is -0.570. The zero-order valence-electron chi connectivity index (χ0n) is 8.38. The van der Waals surface area contributed by atoms with Crippen LogP contribution in [0.1, 0.15) is 39.0 Å². The minimum absolute atomic E-state index is 0.228. The molecule has 3 nitrogen and oxygen atoms in total. The third-order valence-electron chi connectivity index (χ3n) is 2.69. The molecule has 0 bridgehead atoms. The van der Waals surface area contributed by atoms with Gasteiger partial charge in [-0.05, 0) is 32.1 Å². The first kappa shape index (κ1) is 10.5. The molecule has 1 saturated carbocycles. The summed E-state index contributed by atoms with van der Waals surface area (Å²) in [7, 11) is 0. The Morgan fingerprint density at radius 3 is 2.54 bits per heavy atom. The first-order valence-corrected chi connectivity index (χ1v) is 5.27. The lowest BCUT2D eigenvalue weighted by molar-refractivity contribution is -0.125. The van der Waals surface area contributed by atoms with Crippen LogP contribution in [0, 0.1) is 5.92 Å². The molecular formula is C10H20N2O. The Balaban J connectivity index is 2.23. The molecule has 3 N–H and O–H groups in total. The molecule has 0 aromatic carbocycles. The molecule has 1 fully saturated rings. The van der Waals surface area contributed by atoms with Gasteiger partial charge in [0, 0.05) is 18.5 Å². The lowest BCUT2D eigenvalue weighted by Crippen LogP contribution is -2.36. The fraction of sp³-hybridized carbons (Fsp3) is 0.900. The van der Waals surface area contributed by atoms with Gasteiger partial charge < -0.3 is 11.1 Å². The average molecular weight is 184 g/mol. The molecule has 0 unspecified atom stereocenters. The maximum Gasteiger partial charge on any atom is 0.223 e. The van der Waals surface area contributed by atoms with E-state index in [0.29, 0.717) is 6.04 Å². The predicted octanol–water partition coefficient (Wildman–Crippen LogP) is 1.03. The number of carbonyl (C=O) groups is 1. The predicted molar refractivity (Wildman–Crippen MR) is 53.2 cm³/mol. The monoisotopic (exact) mass is 184 g/mol. The van der Waals surface area contributed by atoms with Crippen LogP contribution in [-0.4, -0.2) is 18.5 Å². The minimum atomic E-state index is 0.228. The molecule has 0 radical (unpaired) electrons. The van der Waals surface area contributed by atoms with Crippen molar-refractivity contribution < 1.29 is 4.79 Å². The Morgan fingerprint density at radius 1 is 1.38 bits per heavy atom. The third-order valence-corrected chi connectivity index (χ3v) is 2.69. The van der Waals surface area contributed by atoms with Crippen LogP contribution < -0.4 is 11.1 Å². The molecule has 1 rings (SSSR count). The number of rotatable bonds is 3. The molecule has 1 amide bonds. The number of amides is 1. The molecule has 0 spiro atoms. The highest BCUT2D eigenvalue weighted by Crippen LogP contribution is 2.22. The van der Waals surface area contributed by atoms with Crippen molar-refractivity contribution in [2.75, 3.05) is 6.54 Å². The van der Waals surface area contributed by atoms with E-state index in [9.17, 15) is 4.79 Å². The lowest BCUT2D eigenvalue weighted by atomic mass is 9.86. The molecule has 1 aliphatic rings. The highest BCUT2D eigenvalue weighted by atomic mass is 16.1. The van der Waals surface area contributed by atoms with Crippen LogP contribution in [0.3, 0.4) is 0 Å². The average Bonchev–Trinajstić information content (AvgIpc) is 2.15. The van der Waals surface area contributed by atoms with E-state index in [-0.39, 0.29) is 11.8 Å². The molecule has 0 saturated heterocycles. The van der Waals surface area contributed by atoms with Crippen LogP contribution in [0.25, 0.3) is 0 Å². The van der Waals surface area contributed by atoms with Crippen molar-refractivity contribution in [3.8, 4) is 0 Å². The summed E-state index contributed by atoms with van der Waals surface area (Å²) in [4.78, 5) is 11.5. The Morgan fingerprint density at radius 2 is 2.00 bits per heavy atom. The van der Waals surface area contributed by atoms with Crippen molar-refractivity contribution in [2.24, 2.45) is 11.7 Å². The van der Waals surface area contributed by atoms with Crippen molar-refractivity contribution in [1.29, 1.82) is 0 Å². The number of carbonyl (C=O) groups excluding carboxylic acids is 1. The highest BCUT2D eigenvalue weighted by molar-refractivity contribution is 5.78. The van der Waals surface area contributed by atoms with E-state index in [1.54, 1.807) is 0 Å². The normalized spacial score (nSPS) is 28.5. The standard InChI is InChI=1S/C10H20N2O/c1-2-7-12-10(13)8-3-5-9(11)6-4-8/h8-9H,2-7,11H2,1H3,(H,12,13). The second-order valence-corrected chi connectivity index (χ2v) is 3.90. The van der Waals surface area contributed by atoms with E-state index in [0.717, 1.165) is 38.6 Å². The van der Waals surface area contributed by atoms with Crippen molar-refractivity contribution >= 4 is 5.91 Å². The second kappa shape index (κ2) is 5.22. The summed E-state index contributed by atoms with van der Waals surface area (Å²) < 4.78 is 0. The number of nitrogens with one attached hydrogen (secondary N) is 1. The van der Waals surface area contributed by atoms with Crippen LogP contribution in [0.4, 0.5) is 0 Å². The summed E-state index contributed by atoms with van der Waals surface area (Å²) in [5, 5.41) is 2.94. The van der Waals surface area contributed by atoms with Gasteiger partial charge in [0.15, 0.2) is 0 Å². The smallest absolute Gasteiger partial charge is 0.223 e. The molecule has 0 heterocycles. The van der Waals surface area contributed by atoms with Gasteiger partial charge >= 0.3 is 0 Å². The maximum atomic E-state index is 11.5. The van der Waals surface area contributed by atoms with Gasteiger partial charge in [-0.1, -0.05) is 6.92 Å². The largest absolute Gasteiger partial charge is 0.356 e. The Labute approximate surface area is 80.1 Å². The number of hydrogen-bond donors (Lipinski definition) is 2. The van der Waals surface area contributed by atoms with Crippen LogP contribution in [0.15, 0.2) is 0 Å². The molecule has 0 aromatic rings. The second-order valence-electron chi connectivity index (χ2n) is 3.90. The van der Waals surface area contributed by atoms with Crippen LogP contribution in [-0.2, 0) is 4.79 Å². The van der Waals surface area contributed by atoms with Crippen molar-refractivity contribution in [1.82, 2.24) is 5.32 Å². The molecular weight excluding hydrogens is 164 g/mol. The first-order valence-electron chi connectivity index (χ1n) is 5.27. The quantitative estimate of drug-likeness (QED) is 0.688. The fourth-order valence-electron chi connectivity index (χ4n) is 1.77. The van der Waals surface area contributed by atoms with Crippen LogP contribution in [0.5, 0.6) is 0 Å². The molecule has 0 aromatic heterocycles. The van der Waals surface area contributed by atoms with E-state index in [2.05, 4.69) is 12.2 Å². The fourth-order valence-corrected chi connectivity index (χ4v) is 1.77. The number of hydrogen-bond acceptors (Lipinski definition) is 2. The van der Waals surface area contributed by atoms with Gasteiger partial charge in [-0.2, -0.15) is 0 Å². The number of nitrogens with two attached hydrogens (primary N) is 1. The zero-order valence-corrected chi connectivity index (χ0v) is 8.38. The van der Waals surface area contributed by atoms with Crippen molar-refractivity contribution in [3.05, 3.63) is 0 Å². The third kappa shape index (κ3) is 3.35. The molecule has 76 valence electrons. The van der Waals surface area contributed by atoms with Crippen molar-refractivity contribution in [2.45, 2.75) is 45.1 Å². The van der Waals surface area contributed by atoms with E-state index in [1.165, 1.54) is 0 Å². The summed E-state index contributed by atoms with van der Waals surface area (Å²) in [5.74, 6) is 0.458. The van der Waals surface area contributed by atoms with Crippen molar-refractivity contribution in [3.63, 3.8) is 0 Å². The van der Waals surface area contributed by atoms with Crippen LogP contribution >= 0.6 is 0 Å². The maximum absolute atomic E-state index is 11.5. The Bertz CT molecular complexity index is 162.